The van der Waals surface area contributed by atoms with Gasteiger partial charge in [0.15, 0.2) is 5.78 Å². The predicted molar refractivity (Wildman–Crippen MR) is 65.8 cm³/mol. The van der Waals surface area contributed by atoms with Crippen LogP contribution >= 0.6 is 0 Å². The van der Waals surface area contributed by atoms with Crippen LogP contribution in [0, 0.1) is 0 Å². The van der Waals surface area contributed by atoms with Crippen molar-refractivity contribution in [3.05, 3.63) is 34.9 Å². The van der Waals surface area contributed by atoms with E-state index in [1.54, 1.807) is 0 Å². The van der Waals surface area contributed by atoms with Crippen molar-refractivity contribution in [1.82, 2.24) is 5.32 Å². The fourth-order valence-corrected chi connectivity index (χ4v) is 2.51. The molecule has 0 spiro atoms. The summed E-state index contributed by atoms with van der Waals surface area (Å²) < 4.78 is 0. The molecule has 0 bridgehead atoms. The number of rotatable bonds is 3. The smallest absolute Gasteiger partial charge is 0.163 e. The molecule has 0 amide bonds. The first-order valence-electron chi connectivity index (χ1n) is 6.00. The number of carbonyl (C=O) groups excluding carboxylic acids is 1. The number of hydrogen-bond donors (Lipinski definition) is 1. The van der Waals surface area contributed by atoms with Crippen LogP contribution in [0.2, 0.25) is 0 Å². The van der Waals surface area contributed by atoms with E-state index in [2.05, 4.69) is 32.2 Å². The maximum Gasteiger partial charge on any atom is 0.163 e. The van der Waals surface area contributed by atoms with Crippen LogP contribution in [0.25, 0.3) is 0 Å². The van der Waals surface area contributed by atoms with Crippen LogP contribution in [0.15, 0.2) is 18.2 Å². The van der Waals surface area contributed by atoms with Crippen molar-refractivity contribution in [2.75, 3.05) is 0 Å². The Morgan fingerprint density at radius 1 is 1.19 bits per heavy atom. The maximum atomic E-state index is 11.6. The van der Waals surface area contributed by atoms with E-state index in [4.69, 9.17) is 0 Å². The Kier molecular flexibility index (Phi) is 3.10. The van der Waals surface area contributed by atoms with Gasteiger partial charge in [0.1, 0.15) is 0 Å². The lowest BCUT2D eigenvalue weighted by Crippen LogP contribution is -2.26. The summed E-state index contributed by atoms with van der Waals surface area (Å²) in [6.45, 7) is 6.45. The van der Waals surface area contributed by atoms with Gasteiger partial charge >= 0.3 is 0 Å². The van der Waals surface area contributed by atoms with Crippen LogP contribution in [-0.2, 0) is 6.42 Å². The molecular formula is C14H19NO. The first-order valence-corrected chi connectivity index (χ1v) is 6.00. The zero-order valence-electron chi connectivity index (χ0n) is 10.2. The second kappa shape index (κ2) is 4.38. The molecule has 2 heteroatoms. The topological polar surface area (TPSA) is 29.1 Å². The van der Waals surface area contributed by atoms with Crippen molar-refractivity contribution >= 4 is 5.78 Å². The standard InChI is InChI=1S/C14H19NO/c1-9(2)15-10(3)11-5-4-6-13-12(11)7-8-14(13)16/h4-6,9-10,15H,7-8H2,1-3H3/t10-/m1/s1. The lowest BCUT2D eigenvalue weighted by atomic mass is 9.98. The maximum absolute atomic E-state index is 11.6. The summed E-state index contributed by atoms with van der Waals surface area (Å²) in [7, 11) is 0. The molecule has 16 heavy (non-hydrogen) atoms. The number of nitrogens with one attached hydrogen (secondary N) is 1. The zero-order chi connectivity index (χ0) is 11.7. The lowest BCUT2D eigenvalue weighted by Gasteiger charge is -2.19. The van der Waals surface area contributed by atoms with E-state index < -0.39 is 0 Å². The number of ketones is 1. The Balaban J connectivity index is 2.32. The summed E-state index contributed by atoms with van der Waals surface area (Å²) >= 11 is 0. The molecule has 0 heterocycles. The van der Waals surface area contributed by atoms with Gasteiger partial charge in [-0.05, 0) is 24.5 Å². The van der Waals surface area contributed by atoms with Crippen molar-refractivity contribution in [1.29, 1.82) is 0 Å². The van der Waals surface area contributed by atoms with Crippen LogP contribution in [0.1, 0.15) is 54.7 Å². The summed E-state index contributed by atoms with van der Waals surface area (Å²) in [6, 6.07) is 6.87. The van der Waals surface area contributed by atoms with E-state index in [9.17, 15) is 4.79 Å². The van der Waals surface area contributed by atoms with Gasteiger partial charge in [-0.15, -0.1) is 0 Å². The minimum atomic E-state index is 0.300. The molecule has 0 saturated carbocycles. The molecule has 1 aliphatic rings. The second-order valence-electron chi connectivity index (χ2n) is 4.84. The number of Topliss-reactive ketones (excluding diaryl/α,β-unsaturated/α-hetero) is 1. The summed E-state index contributed by atoms with van der Waals surface area (Å²) in [6.07, 6.45) is 1.59. The largest absolute Gasteiger partial charge is 0.308 e. The van der Waals surface area contributed by atoms with Gasteiger partial charge < -0.3 is 5.32 Å². The van der Waals surface area contributed by atoms with Gasteiger partial charge in [-0.3, -0.25) is 4.79 Å². The van der Waals surface area contributed by atoms with Crippen molar-refractivity contribution < 1.29 is 4.79 Å². The molecular weight excluding hydrogens is 198 g/mol. The highest BCUT2D eigenvalue weighted by molar-refractivity contribution is 6.00. The Hall–Kier alpha value is -1.15. The van der Waals surface area contributed by atoms with Gasteiger partial charge in [-0.25, -0.2) is 0 Å². The van der Waals surface area contributed by atoms with Gasteiger partial charge in [-0.2, -0.15) is 0 Å². The van der Waals surface area contributed by atoms with Crippen LogP contribution in [0.3, 0.4) is 0 Å². The highest BCUT2D eigenvalue weighted by Gasteiger charge is 2.23. The molecule has 0 fully saturated rings. The molecule has 0 aliphatic heterocycles. The van der Waals surface area contributed by atoms with Crippen LogP contribution in [-0.4, -0.2) is 11.8 Å². The van der Waals surface area contributed by atoms with E-state index in [0.29, 0.717) is 24.3 Å². The molecule has 1 N–H and O–H groups in total. The second-order valence-corrected chi connectivity index (χ2v) is 4.84. The summed E-state index contributed by atoms with van der Waals surface area (Å²) in [5.41, 5.74) is 3.49. The molecule has 2 nitrogen and oxygen atoms in total. The first-order chi connectivity index (χ1) is 7.59. The van der Waals surface area contributed by atoms with Crippen molar-refractivity contribution in [3.63, 3.8) is 0 Å². The minimum Gasteiger partial charge on any atom is -0.308 e. The van der Waals surface area contributed by atoms with Gasteiger partial charge in [0.05, 0.1) is 0 Å². The van der Waals surface area contributed by atoms with Crippen molar-refractivity contribution in [2.45, 2.75) is 45.7 Å². The summed E-state index contributed by atoms with van der Waals surface area (Å²) in [5.74, 6) is 0.300. The first kappa shape index (κ1) is 11.3. The minimum absolute atomic E-state index is 0.300. The Bertz CT molecular complexity index is 409. The van der Waals surface area contributed by atoms with Gasteiger partial charge in [-0.1, -0.05) is 32.0 Å². The van der Waals surface area contributed by atoms with Crippen LogP contribution in [0.5, 0.6) is 0 Å². The van der Waals surface area contributed by atoms with Gasteiger partial charge in [0.2, 0.25) is 0 Å². The van der Waals surface area contributed by atoms with Gasteiger partial charge in [0, 0.05) is 24.1 Å². The van der Waals surface area contributed by atoms with Crippen LogP contribution in [0.4, 0.5) is 0 Å². The van der Waals surface area contributed by atoms with E-state index in [-0.39, 0.29) is 0 Å². The molecule has 1 aliphatic carbocycles. The summed E-state index contributed by atoms with van der Waals surface area (Å²) in [4.78, 5) is 11.6. The molecule has 0 radical (unpaired) electrons. The normalized spacial score (nSPS) is 16.6. The van der Waals surface area contributed by atoms with Crippen molar-refractivity contribution in [3.8, 4) is 0 Å². The summed E-state index contributed by atoms with van der Waals surface area (Å²) in [5, 5.41) is 3.49. The molecule has 1 atom stereocenters. The average Bonchev–Trinajstić information content (AvgIpc) is 2.59. The average molecular weight is 217 g/mol. The van der Waals surface area contributed by atoms with E-state index in [0.717, 1.165) is 12.0 Å². The number of carbonyl (C=O) groups is 1. The molecule has 0 unspecified atom stereocenters. The fraction of sp³-hybridized carbons (Fsp3) is 0.500. The highest BCUT2D eigenvalue weighted by Crippen LogP contribution is 2.29. The fourth-order valence-electron chi connectivity index (χ4n) is 2.51. The molecule has 1 aromatic carbocycles. The van der Waals surface area contributed by atoms with Gasteiger partial charge in [0.25, 0.3) is 0 Å². The molecule has 1 aromatic rings. The molecule has 86 valence electrons. The predicted octanol–water partition coefficient (Wildman–Crippen LogP) is 2.87. The van der Waals surface area contributed by atoms with Crippen LogP contribution < -0.4 is 5.32 Å². The third-order valence-corrected chi connectivity index (χ3v) is 3.16. The highest BCUT2D eigenvalue weighted by atomic mass is 16.1. The Labute approximate surface area is 97.1 Å². The number of fused-ring (bicyclic) bond motifs is 1. The Morgan fingerprint density at radius 2 is 1.94 bits per heavy atom. The monoisotopic (exact) mass is 217 g/mol. The Morgan fingerprint density at radius 3 is 2.62 bits per heavy atom. The third-order valence-electron chi connectivity index (χ3n) is 3.16. The van der Waals surface area contributed by atoms with Crippen molar-refractivity contribution in [2.24, 2.45) is 0 Å². The SMILES string of the molecule is CC(C)N[C@H](C)c1cccc2c1CCC2=O. The number of benzene rings is 1. The number of hydrogen-bond acceptors (Lipinski definition) is 2. The zero-order valence-corrected chi connectivity index (χ0v) is 10.2. The molecule has 0 saturated heterocycles. The van der Waals surface area contributed by atoms with E-state index in [1.165, 1.54) is 11.1 Å². The molecule has 2 rings (SSSR count). The molecule has 0 aromatic heterocycles. The van der Waals surface area contributed by atoms with E-state index in [1.807, 2.05) is 12.1 Å². The lowest BCUT2D eigenvalue weighted by molar-refractivity contribution is 0.0994. The van der Waals surface area contributed by atoms with E-state index >= 15 is 0 Å². The quantitative estimate of drug-likeness (QED) is 0.843. The third kappa shape index (κ3) is 2.03.